The van der Waals surface area contributed by atoms with Crippen molar-refractivity contribution in [2.45, 2.75) is 26.7 Å². The summed E-state index contributed by atoms with van der Waals surface area (Å²) in [5.41, 5.74) is 1.42. The molecule has 1 aromatic rings. The Hall–Kier alpha value is -1.64. The van der Waals surface area contributed by atoms with E-state index < -0.39 is 0 Å². The lowest BCUT2D eigenvalue weighted by Crippen LogP contribution is -2.06. The van der Waals surface area contributed by atoms with Crippen LogP contribution in [0.4, 0.5) is 5.69 Å². The van der Waals surface area contributed by atoms with Crippen LogP contribution in [-0.2, 0) is 4.79 Å². The molecular formula is C12H15NO2. The van der Waals surface area contributed by atoms with Gasteiger partial charge in [-0.25, -0.2) is 0 Å². The van der Waals surface area contributed by atoms with Crippen LogP contribution in [-0.4, -0.2) is 11.7 Å². The number of benzene rings is 1. The molecule has 1 aromatic carbocycles. The number of hydrogen-bond donors (Lipinski definition) is 1. The van der Waals surface area contributed by atoms with E-state index in [1.54, 1.807) is 24.3 Å². The van der Waals surface area contributed by atoms with Gasteiger partial charge in [-0.15, -0.1) is 0 Å². The number of anilines is 1. The maximum atomic E-state index is 11.5. The van der Waals surface area contributed by atoms with Crippen LogP contribution >= 0.6 is 0 Å². The third-order valence-corrected chi connectivity index (χ3v) is 2.00. The van der Waals surface area contributed by atoms with Gasteiger partial charge in [0.25, 0.3) is 0 Å². The van der Waals surface area contributed by atoms with Crippen LogP contribution in [0.2, 0.25) is 0 Å². The first-order valence-electron chi connectivity index (χ1n) is 5.04. The van der Waals surface area contributed by atoms with Crippen molar-refractivity contribution < 1.29 is 9.59 Å². The molecule has 3 nitrogen and oxygen atoms in total. The maximum absolute atomic E-state index is 11.5. The molecule has 0 aliphatic rings. The average Bonchev–Trinajstić information content (AvgIpc) is 2.18. The summed E-state index contributed by atoms with van der Waals surface area (Å²) in [7, 11) is 0. The molecule has 0 radical (unpaired) electrons. The van der Waals surface area contributed by atoms with E-state index >= 15 is 0 Å². The molecule has 15 heavy (non-hydrogen) atoms. The molecule has 0 heterocycles. The summed E-state index contributed by atoms with van der Waals surface area (Å²) in [6, 6.07) is 6.96. The van der Waals surface area contributed by atoms with E-state index in [-0.39, 0.29) is 11.7 Å². The van der Waals surface area contributed by atoms with E-state index in [9.17, 15) is 9.59 Å². The highest BCUT2D eigenvalue weighted by Crippen LogP contribution is 2.11. The zero-order valence-electron chi connectivity index (χ0n) is 9.04. The molecule has 1 N–H and O–H groups in total. The molecule has 0 saturated heterocycles. The third kappa shape index (κ3) is 3.54. The van der Waals surface area contributed by atoms with Gasteiger partial charge in [-0.05, 0) is 30.7 Å². The van der Waals surface area contributed by atoms with E-state index in [2.05, 4.69) is 5.32 Å². The molecule has 0 fully saturated rings. The van der Waals surface area contributed by atoms with Crippen molar-refractivity contribution in [3.63, 3.8) is 0 Å². The number of ketones is 1. The predicted octanol–water partition coefficient (Wildman–Crippen LogP) is 2.63. The minimum Gasteiger partial charge on any atom is -0.326 e. The van der Waals surface area contributed by atoms with Crippen LogP contribution in [0.25, 0.3) is 0 Å². The number of carbonyl (C=O) groups excluding carboxylic acids is 2. The quantitative estimate of drug-likeness (QED) is 0.768. The summed E-state index contributed by atoms with van der Waals surface area (Å²) in [4.78, 5) is 22.2. The summed E-state index contributed by atoms with van der Waals surface area (Å²) >= 11 is 0. The van der Waals surface area contributed by atoms with E-state index in [0.29, 0.717) is 12.0 Å². The topological polar surface area (TPSA) is 46.2 Å². The first kappa shape index (κ1) is 11.4. The highest BCUT2D eigenvalue weighted by molar-refractivity contribution is 5.97. The van der Waals surface area contributed by atoms with Gasteiger partial charge in [0.1, 0.15) is 0 Å². The van der Waals surface area contributed by atoms with E-state index in [1.807, 2.05) is 6.92 Å². The predicted molar refractivity (Wildman–Crippen MR) is 60.0 cm³/mol. The second kappa shape index (κ2) is 5.29. The first-order valence-corrected chi connectivity index (χ1v) is 5.04. The Labute approximate surface area is 89.5 Å². The Morgan fingerprint density at radius 3 is 2.27 bits per heavy atom. The van der Waals surface area contributed by atoms with Crippen molar-refractivity contribution in [1.82, 2.24) is 0 Å². The van der Waals surface area contributed by atoms with Crippen molar-refractivity contribution in [3.8, 4) is 0 Å². The summed E-state index contributed by atoms with van der Waals surface area (Å²) in [5, 5.41) is 2.65. The van der Waals surface area contributed by atoms with Gasteiger partial charge in [0.15, 0.2) is 5.78 Å². The Kier molecular flexibility index (Phi) is 4.03. The number of carbonyl (C=O) groups is 2. The second-order valence-corrected chi connectivity index (χ2v) is 3.43. The van der Waals surface area contributed by atoms with Crippen LogP contribution in [0, 0.1) is 0 Å². The number of rotatable bonds is 4. The fourth-order valence-corrected chi connectivity index (χ4v) is 1.31. The lowest BCUT2D eigenvalue weighted by molar-refractivity contribution is -0.114. The molecular weight excluding hydrogens is 190 g/mol. The molecule has 0 aliphatic heterocycles. The molecule has 0 bridgehead atoms. The van der Waals surface area contributed by atoms with Crippen molar-refractivity contribution in [3.05, 3.63) is 29.8 Å². The van der Waals surface area contributed by atoms with Crippen LogP contribution in [0.5, 0.6) is 0 Å². The smallest absolute Gasteiger partial charge is 0.221 e. The molecule has 0 spiro atoms. The molecule has 0 aliphatic carbocycles. The van der Waals surface area contributed by atoms with Gasteiger partial charge in [-0.1, -0.05) is 6.92 Å². The zero-order valence-corrected chi connectivity index (χ0v) is 9.04. The molecule has 0 aromatic heterocycles. The maximum Gasteiger partial charge on any atom is 0.221 e. The number of nitrogens with one attached hydrogen (secondary N) is 1. The van der Waals surface area contributed by atoms with Gasteiger partial charge in [-0.2, -0.15) is 0 Å². The molecule has 0 atom stereocenters. The zero-order chi connectivity index (χ0) is 11.3. The molecule has 1 rings (SSSR count). The molecule has 0 saturated carbocycles. The number of amides is 1. The van der Waals surface area contributed by atoms with E-state index in [1.165, 1.54) is 6.92 Å². The normalized spacial score (nSPS) is 9.73. The SMILES string of the molecule is CCCC(=O)c1ccc(NC(C)=O)cc1. The summed E-state index contributed by atoms with van der Waals surface area (Å²) in [5.74, 6) is 0.0366. The van der Waals surface area contributed by atoms with Gasteiger partial charge in [0.2, 0.25) is 5.91 Å². The minimum atomic E-state index is -0.109. The fraction of sp³-hybridized carbons (Fsp3) is 0.333. The number of Topliss-reactive ketones (excluding diaryl/α,β-unsaturated/α-hetero) is 1. The Balaban J connectivity index is 2.71. The second-order valence-electron chi connectivity index (χ2n) is 3.43. The number of hydrogen-bond acceptors (Lipinski definition) is 2. The van der Waals surface area contributed by atoms with Crippen molar-refractivity contribution in [1.29, 1.82) is 0 Å². The largest absolute Gasteiger partial charge is 0.326 e. The van der Waals surface area contributed by atoms with Crippen LogP contribution < -0.4 is 5.32 Å². The lowest BCUT2D eigenvalue weighted by atomic mass is 10.1. The van der Waals surface area contributed by atoms with Crippen molar-refractivity contribution >= 4 is 17.4 Å². The highest BCUT2D eigenvalue weighted by atomic mass is 16.1. The Morgan fingerprint density at radius 1 is 1.20 bits per heavy atom. The average molecular weight is 205 g/mol. The summed E-state index contributed by atoms with van der Waals surface area (Å²) in [6.07, 6.45) is 1.42. The standard InChI is InChI=1S/C12H15NO2/c1-3-4-12(15)10-5-7-11(8-6-10)13-9(2)14/h5-8H,3-4H2,1-2H3,(H,13,14). The van der Waals surface area contributed by atoms with Crippen molar-refractivity contribution in [2.24, 2.45) is 0 Å². The Morgan fingerprint density at radius 2 is 1.80 bits per heavy atom. The van der Waals surface area contributed by atoms with Gasteiger partial charge in [0, 0.05) is 24.6 Å². The van der Waals surface area contributed by atoms with E-state index in [4.69, 9.17) is 0 Å². The van der Waals surface area contributed by atoms with Gasteiger partial charge in [0.05, 0.1) is 0 Å². The lowest BCUT2D eigenvalue weighted by Gasteiger charge is -2.03. The summed E-state index contributed by atoms with van der Waals surface area (Å²) in [6.45, 7) is 3.43. The van der Waals surface area contributed by atoms with Gasteiger partial charge in [-0.3, -0.25) is 9.59 Å². The van der Waals surface area contributed by atoms with Crippen LogP contribution in [0.3, 0.4) is 0 Å². The monoisotopic (exact) mass is 205 g/mol. The van der Waals surface area contributed by atoms with Crippen molar-refractivity contribution in [2.75, 3.05) is 5.32 Å². The summed E-state index contributed by atoms with van der Waals surface area (Å²) < 4.78 is 0. The highest BCUT2D eigenvalue weighted by Gasteiger charge is 2.04. The van der Waals surface area contributed by atoms with Gasteiger partial charge < -0.3 is 5.32 Å². The molecule has 1 amide bonds. The molecule has 0 unspecified atom stereocenters. The molecule has 3 heteroatoms. The Bertz CT molecular complexity index is 354. The van der Waals surface area contributed by atoms with Crippen LogP contribution in [0.15, 0.2) is 24.3 Å². The fourth-order valence-electron chi connectivity index (χ4n) is 1.31. The van der Waals surface area contributed by atoms with E-state index in [0.717, 1.165) is 12.1 Å². The van der Waals surface area contributed by atoms with Gasteiger partial charge >= 0.3 is 0 Å². The molecule has 80 valence electrons. The first-order chi connectivity index (χ1) is 7.13. The minimum absolute atomic E-state index is 0.109. The van der Waals surface area contributed by atoms with Crippen LogP contribution in [0.1, 0.15) is 37.0 Å². The third-order valence-electron chi connectivity index (χ3n) is 2.00.